The third kappa shape index (κ3) is 4.80. The van der Waals surface area contributed by atoms with E-state index < -0.39 is 21.7 Å². The quantitative estimate of drug-likeness (QED) is 0.652. The number of sulfonamides is 1. The van der Waals surface area contributed by atoms with Gasteiger partial charge in [-0.25, -0.2) is 13.1 Å². The van der Waals surface area contributed by atoms with Crippen molar-refractivity contribution < 1.29 is 23.1 Å². The minimum atomic E-state index is -4.15. The Labute approximate surface area is 174 Å². The van der Waals surface area contributed by atoms with E-state index >= 15 is 0 Å². The molecule has 1 aromatic carbocycles. The molecule has 0 spiro atoms. The van der Waals surface area contributed by atoms with Crippen LogP contribution in [0.3, 0.4) is 0 Å². The van der Waals surface area contributed by atoms with Gasteiger partial charge in [-0.15, -0.1) is 0 Å². The molecule has 1 amide bonds. The lowest BCUT2D eigenvalue weighted by atomic mass is 10.0. The molecule has 1 fully saturated rings. The van der Waals surface area contributed by atoms with Crippen LogP contribution in [-0.4, -0.2) is 61.6 Å². The Morgan fingerprint density at radius 2 is 2.21 bits per heavy atom. The second-order valence-corrected chi connectivity index (χ2v) is 9.33. The molecule has 28 heavy (non-hydrogen) atoms. The first-order valence-corrected chi connectivity index (χ1v) is 11.4. The molecule has 0 radical (unpaired) electrons. The number of benzene rings is 1. The summed E-state index contributed by atoms with van der Waals surface area (Å²) in [5, 5.41) is 12.0. The molecule has 0 saturated carbocycles. The molecule has 1 aliphatic heterocycles. The zero-order valence-corrected chi connectivity index (χ0v) is 18.5. The predicted molar refractivity (Wildman–Crippen MR) is 110 cm³/mol. The van der Waals surface area contributed by atoms with Crippen molar-refractivity contribution in [3.05, 3.63) is 28.8 Å². The Hall–Kier alpha value is -1.33. The van der Waals surface area contributed by atoms with Gasteiger partial charge in [-0.2, -0.15) is 0 Å². The summed E-state index contributed by atoms with van der Waals surface area (Å²) in [6.07, 6.45) is -0.0644. The van der Waals surface area contributed by atoms with E-state index in [0.717, 1.165) is 6.92 Å². The lowest BCUT2D eigenvalue weighted by Crippen LogP contribution is -2.45. The average molecular weight is 450 g/mol. The van der Waals surface area contributed by atoms with Crippen molar-refractivity contribution >= 4 is 44.5 Å². The van der Waals surface area contributed by atoms with Gasteiger partial charge in [0.2, 0.25) is 5.91 Å². The van der Waals surface area contributed by atoms with E-state index in [0.29, 0.717) is 23.8 Å². The number of nitrogens with zero attached hydrogens (tertiary/aromatic N) is 2. The number of amides is 1. The van der Waals surface area contributed by atoms with E-state index in [1.165, 1.54) is 23.9 Å². The molecule has 1 heterocycles. The van der Waals surface area contributed by atoms with Crippen LogP contribution in [0.15, 0.2) is 28.1 Å². The van der Waals surface area contributed by atoms with Gasteiger partial charge in [-0.1, -0.05) is 29.4 Å². The third-order valence-electron chi connectivity index (χ3n) is 4.24. The molecule has 2 rings (SSSR count). The fraction of sp³-hybridized carbons (Fsp3) is 0.529. The van der Waals surface area contributed by atoms with Crippen LogP contribution in [-0.2, 0) is 25.3 Å². The predicted octanol–water partition coefficient (Wildman–Crippen LogP) is 1.77. The number of methoxy groups -OCH3 is 1. The monoisotopic (exact) mass is 449 g/mol. The number of halogens is 1. The highest BCUT2D eigenvalue weighted by Gasteiger charge is 2.44. The van der Waals surface area contributed by atoms with E-state index in [2.05, 4.69) is 4.99 Å². The van der Waals surface area contributed by atoms with E-state index in [-0.39, 0.29) is 21.8 Å². The average Bonchev–Trinajstić information content (AvgIpc) is 2.95. The first-order valence-electron chi connectivity index (χ1n) is 8.58. The Bertz CT molecular complexity index is 878. The number of nitrogens with one attached hydrogen (secondary N) is 1. The van der Waals surface area contributed by atoms with Gasteiger partial charge < -0.3 is 14.7 Å². The zero-order valence-electron chi connectivity index (χ0n) is 16.1. The lowest BCUT2D eigenvalue weighted by molar-refractivity contribution is -0.117. The van der Waals surface area contributed by atoms with Gasteiger partial charge in [0.1, 0.15) is 4.90 Å². The number of hydrogen-bond donors (Lipinski definition) is 2. The van der Waals surface area contributed by atoms with E-state index in [1.807, 2.05) is 18.6 Å². The van der Waals surface area contributed by atoms with Gasteiger partial charge in [0.15, 0.2) is 10.9 Å². The molecule has 2 atom stereocenters. The normalized spacial score (nSPS) is 22.5. The van der Waals surface area contributed by atoms with Gasteiger partial charge in [0.05, 0.1) is 23.4 Å². The highest BCUT2D eigenvalue weighted by Crippen LogP contribution is 2.40. The molecule has 0 bridgehead atoms. The molecule has 2 unspecified atom stereocenters. The number of aliphatic imine (C=N–C) groups is 1. The summed E-state index contributed by atoms with van der Waals surface area (Å²) in [6.45, 7) is 5.76. The minimum Gasteiger partial charge on any atom is -0.380 e. The second-order valence-electron chi connectivity index (χ2n) is 6.33. The molecule has 1 saturated heterocycles. The van der Waals surface area contributed by atoms with Crippen molar-refractivity contribution in [2.75, 3.05) is 26.0 Å². The number of carbonyl (C=O) groups excluding carboxylic acids is 1. The van der Waals surface area contributed by atoms with Crippen molar-refractivity contribution in [1.29, 1.82) is 0 Å². The maximum Gasteiger partial charge on any atom is 0.265 e. The SMILES string of the molecule is CCN1C(=NCC(C)OC)SCC1(O)c1ccc(Cl)c(S(=O)(=O)NC(C)=O)c1. The van der Waals surface area contributed by atoms with Crippen LogP contribution in [0.25, 0.3) is 0 Å². The van der Waals surface area contributed by atoms with Gasteiger partial charge >= 0.3 is 0 Å². The largest absolute Gasteiger partial charge is 0.380 e. The van der Waals surface area contributed by atoms with E-state index in [4.69, 9.17) is 16.3 Å². The molecular weight excluding hydrogens is 426 g/mol. The first kappa shape index (κ1) is 23.0. The van der Waals surface area contributed by atoms with Crippen molar-refractivity contribution in [2.45, 2.75) is 37.5 Å². The van der Waals surface area contributed by atoms with Crippen LogP contribution < -0.4 is 4.72 Å². The van der Waals surface area contributed by atoms with Gasteiger partial charge in [0, 0.05) is 26.1 Å². The molecule has 2 N–H and O–H groups in total. The number of carbonyl (C=O) groups is 1. The first-order chi connectivity index (χ1) is 13.0. The molecule has 8 nitrogen and oxygen atoms in total. The smallest absolute Gasteiger partial charge is 0.265 e. The highest BCUT2D eigenvalue weighted by molar-refractivity contribution is 8.14. The van der Waals surface area contributed by atoms with Gasteiger partial charge in [-0.3, -0.25) is 9.79 Å². The van der Waals surface area contributed by atoms with Crippen LogP contribution in [0, 0.1) is 0 Å². The molecule has 156 valence electrons. The summed E-state index contributed by atoms with van der Waals surface area (Å²) >= 11 is 7.42. The third-order valence-corrected chi connectivity index (χ3v) is 7.31. The van der Waals surface area contributed by atoms with Crippen molar-refractivity contribution in [3.8, 4) is 0 Å². The van der Waals surface area contributed by atoms with Crippen molar-refractivity contribution in [3.63, 3.8) is 0 Å². The van der Waals surface area contributed by atoms with Crippen LogP contribution in [0.4, 0.5) is 0 Å². The topological polar surface area (TPSA) is 108 Å². The summed E-state index contributed by atoms with van der Waals surface area (Å²) in [7, 11) is -2.54. The number of hydrogen-bond acceptors (Lipinski definition) is 7. The Morgan fingerprint density at radius 1 is 1.54 bits per heavy atom. The van der Waals surface area contributed by atoms with Crippen LogP contribution >= 0.6 is 23.4 Å². The Morgan fingerprint density at radius 3 is 2.79 bits per heavy atom. The van der Waals surface area contributed by atoms with Crippen LogP contribution in [0.5, 0.6) is 0 Å². The zero-order chi connectivity index (χ0) is 21.1. The number of rotatable bonds is 7. The summed E-state index contributed by atoms with van der Waals surface area (Å²) in [5.41, 5.74) is -1.11. The Balaban J connectivity index is 2.44. The second kappa shape index (κ2) is 9.00. The molecule has 0 aliphatic carbocycles. The summed E-state index contributed by atoms with van der Waals surface area (Å²) < 4.78 is 31.9. The maximum absolute atomic E-state index is 12.4. The highest BCUT2D eigenvalue weighted by atomic mass is 35.5. The minimum absolute atomic E-state index is 0.0439. The van der Waals surface area contributed by atoms with E-state index in [9.17, 15) is 18.3 Å². The fourth-order valence-electron chi connectivity index (χ4n) is 2.73. The lowest BCUT2D eigenvalue weighted by Gasteiger charge is -2.34. The van der Waals surface area contributed by atoms with E-state index in [1.54, 1.807) is 18.1 Å². The molecule has 0 aromatic heterocycles. The Kier molecular flexibility index (Phi) is 7.38. The maximum atomic E-state index is 12.4. The summed E-state index contributed by atoms with van der Waals surface area (Å²) in [6, 6.07) is 4.25. The summed E-state index contributed by atoms with van der Waals surface area (Å²) in [5.74, 6) is -0.462. The van der Waals surface area contributed by atoms with Crippen LogP contribution in [0.2, 0.25) is 5.02 Å². The fourth-order valence-corrected chi connectivity index (χ4v) is 5.50. The van der Waals surface area contributed by atoms with Crippen molar-refractivity contribution in [1.82, 2.24) is 9.62 Å². The standard InChI is InChI=1S/C17H24ClN3O5S2/c1-5-21-16(19-9-11(2)26-4)27-10-17(21,23)13-6-7-14(18)15(8-13)28(24,25)20-12(3)22/h6-8,11,23H,5,9-10H2,1-4H3,(H,20,22). The molecular formula is C17H24ClN3O5S2. The molecule has 1 aromatic rings. The number of ether oxygens (including phenoxy) is 1. The summed E-state index contributed by atoms with van der Waals surface area (Å²) in [4.78, 5) is 17.2. The van der Waals surface area contributed by atoms with Crippen molar-refractivity contribution in [2.24, 2.45) is 4.99 Å². The number of thioether (sulfide) groups is 1. The molecule has 11 heteroatoms. The van der Waals surface area contributed by atoms with Crippen LogP contribution in [0.1, 0.15) is 26.3 Å². The van der Waals surface area contributed by atoms with Gasteiger partial charge in [0.25, 0.3) is 10.0 Å². The number of amidine groups is 1. The molecule has 1 aliphatic rings. The number of aliphatic hydroxyl groups is 1. The van der Waals surface area contributed by atoms with Gasteiger partial charge in [-0.05, 0) is 26.0 Å².